The smallest absolute Gasteiger partial charge is 0.119 e. The van der Waals surface area contributed by atoms with Crippen molar-refractivity contribution < 1.29 is 4.74 Å². The van der Waals surface area contributed by atoms with E-state index in [1.165, 1.54) is 11.1 Å². The van der Waals surface area contributed by atoms with Crippen molar-refractivity contribution in [2.24, 2.45) is 0 Å². The van der Waals surface area contributed by atoms with Crippen molar-refractivity contribution in [1.82, 2.24) is 5.32 Å². The molecule has 2 nitrogen and oxygen atoms in total. The fraction of sp³-hybridized carbons (Fsp3) is 0.333. The highest BCUT2D eigenvalue weighted by Crippen LogP contribution is 2.16. The summed E-state index contributed by atoms with van der Waals surface area (Å²) in [6.45, 7) is 3.09. The lowest BCUT2D eigenvalue weighted by atomic mass is 10.1. The Balaban J connectivity index is 0.000000219. The number of hydrogen-bond donors (Lipinski definition) is 1. The predicted octanol–water partition coefficient (Wildman–Crippen LogP) is 4.50. The third kappa shape index (κ3) is 7.16. The van der Waals surface area contributed by atoms with Crippen molar-refractivity contribution >= 4 is 11.6 Å². The Hall–Kier alpha value is -1.51. The van der Waals surface area contributed by atoms with Gasteiger partial charge in [-0.1, -0.05) is 41.9 Å². The zero-order chi connectivity index (χ0) is 15.5. The first-order chi connectivity index (χ1) is 10.2. The predicted molar refractivity (Wildman–Crippen MR) is 91.4 cm³/mol. The van der Waals surface area contributed by atoms with Crippen LogP contribution in [-0.2, 0) is 6.42 Å². The van der Waals surface area contributed by atoms with Gasteiger partial charge in [0, 0.05) is 5.02 Å². The van der Waals surface area contributed by atoms with Crippen molar-refractivity contribution in [3.63, 3.8) is 0 Å². The fourth-order valence-corrected chi connectivity index (χ4v) is 2.13. The molecular weight excluding hydrogens is 282 g/mol. The average molecular weight is 306 g/mol. The Kier molecular flexibility index (Phi) is 8.56. The highest BCUT2D eigenvalue weighted by Gasteiger charge is 1.96. The van der Waals surface area contributed by atoms with Gasteiger partial charge < -0.3 is 10.1 Å². The Labute approximate surface area is 133 Å². The maximum Gasteiger partial charge on any atom is 0.119 e. The molecule has 0 atom stereocenters. The first-order valence-corrected chi connectivity index (χ1v) is 7.54. The summed E-state index contributed by atoms with van der Waals surface area (Å²) in [7, 11) is 3.64. The van der Waals surface area contributed by atoms with E-state index in [9.17, 15) is 0 Å². The van der Waals surface area contributed by atoms with Gasteiger partial charge in [-0.2, -0.15) is 0 Å². The SMILES string of the molecule is CNCCCc1ccccc1Cl.COc1cccc(C)c1. The second-order valence-electron chi connectivity index (χ2n) is 4.82. The van der Waals surface area contributed by atoms with E-state index in [1.54, 1.807) is 7.11 Å². The Bertz CT molecular complexity index is 528. The van der Waals surface area contributed by atoms with Gasteiger partial charge in [0.05, 0.1) is 7.11 Å². The maximum absolute atomic E-state index is 5.98. The number of benzene rings is 2. The lowest BCUT2D eigenvalue weighted by Crippen LogP contribution is -2.08. The van der Waals surface area contributed by atoms with Crippen molar-refractivity contribution in [3.05, 3.63) is 64.7 Å². The van der Waals surface area contributed by atoms with Gasteiger partial charge in [-0.15, -0.1) is 0 Å². The number of halogens is 1. The molecule has 0 aliphatic rings. The minimum Gasteiger partial charge on any atom is -0.497 e. The van der Waals surface area contributed by atoms with Crippen LogP contribution in [0.3, 0.4) is 0 Å². The molecule has 0 bridgehead atoms. The molecule has 3 heteroatoms. The molecule has 2 aromatic rings. The Morgan fingerprint density at radius 2 is 1.86 bits per heavy atom. The molecule has 0 aliphatic heterocycles. The topological polar surface area (TPSA) is 21.3 Å². The number of aryl methyl sites for hydroxylation is 2. The van der Waals surface area contributed by atoms with Crippen LogP contribution in [0.15, 0.2) is 48.5 Å². The van der Waals surface area contributed by atoms with E-state index in [4.69, 9.17) is 16.3 Å². The van der Waals surface area contributed by atoms with Gasteiger partial charge in [-0.25, -0.2) is 0 Å². The number of nitrogens with one attached hydrogen (secondary N) is 1. The Morgan fingerprint density at radius 1 is 1.10 bits per heavy atom. The van der Waals surface area contributed by atoms with Crippen LogP contribution in [-0.4, -0.2) is 20.7 Å². The fourth-order valence-electron chi connectivity index (χ4n) is 1.90. The minimum absolute atomic E-state index is 0.883. The van der Waals surface area contributed by atoms with Gasteiger partial charge in [-0.3, -0.25) is 0 Å². The maximum atomic E-state index is 5.98. The average Bonchev–Trinajstić information content (AvgIpc) is 2.50. The highest BCUT2D eigenvalue weighted by molar-refractivity contribution is 6.31. The highest BCUT2D eigenvalue weighted by atomic mass is 35.5. The molecule has 0 aromatic heterocycles. The summed E-state index contributed by atoms with van der Waals surface area (Å²) in [4.78, 5) is 0. The quantitative estimate of drug-likeness (QED) is 0.821. The zero-order valence-electron chi connectivity index (χ0n) is 13.0. The number of ether oxygens (including phenoxy) is 1. The molecule has 1 N–H and O–H groups in total. The lowest BCUT2D eigenvalue weighted by Gasteiger charge is -2.02. The van der Waals surface area contributed by atoms with Crippen LogP contribution in [0.5, 0.6) is 5.75 Å². The summed E-state index contributed by atoms with van der Waals surface area (Å²) in [5.74, 6) is 0.926. The van der Waals surface area contributed by atoms with Crippen LogP contribution >= 0.6 is 11.6 Å². The first-order valence-electron chi connectivity index (χ1n) is 7.16. The summed E-state index contributed by atoms with van der Waals surface area (Å²) in [5, 5.41) is 4.00. The van der Waals surface area contributed by atoms with Crippen LogP contribution < -0.4 is 10.1 Å². The van der Waals surface area contributed by atoms with E-state index in [0.717, 1.165) is 30.2 Å². The molecule has 0 unspecified atom stereocenters. The molecule has 0 aliphatic carbocycles. The van der Waals surface area contributed by atoms with Crippen molar-refractivity contribution in [2.45, 2.75) is 19.8 Å². The minimum atomic E-state index is 0.883. The lowest BCUT2D eigenvalue weighted by molar-refractivity contribution is 0.414. The molecule has 0 spiro atoms. The second kappa shape index (κ2) is 10.3. The number of hydrogen-bond acceptors (Lipinski definition) is 2. The monoisotopic (exact) mass is 305 g/mol. The van der Waals surface area contributed by atoms with E-state index in [-0.39, 0.29) is 0 Å². The second-order valence-corrected chi connectivity index (χ2v) is 5.23. The van der Waals surface area contributed by atoms with E-state index >= 15 is 0 Å². The van der Waals surface area contributed by atoms with E-state index in [0.29, 0.717) is 0 Å². The molecule has 0 heterocycles. The van der Waals surface area contributed by atoms with Crippen LogP contribution in [0.2, 0.25) is 5.02 Å². The third-order valence-electron chi connectivity index (χ3n) is 3.06. The molecule has 114 valence electrons. The Morgan fingerprint density at radius 3 is 2.43 bits per heavy atom. The van der Waals surface area contributed by atoms with Gasteiger partial charge in [-0.05, 0) is 62.7 Å². The third-order valence-corrected chi connectivity index (χ3v) is 3.42. The largest absolute Gasteiger partial charge is 0.497 e. The van der Waals surface area contributed by atoms with Gasteiger partial charge in [0.2, 0.25) is 0 Å². The normalized spacial score (nSPS) is 9.71. The number of rotatable bonds is 5. The zero-order valence-corrected chi connectivity index (χ0v) is 13.8. The van der Waals surface area contributed by atoms with Crippen LogP contribution in [0.4, 0.5) is 0 Å². The van der Waals surface area contributed by atoms with Crippen LogP contribution in [0.1, 0.15) is 17.5 Å². The van der Waals surface area contributed by atoms with Gasteiger partial charge in [0.25, 0.3) is 0 Å². The van der Waals surface area contributed by atoms with Crippen LogP contribution in [0.25, 0.3) is 0 Å². The van der Waals surface area contributed by atoms with E-state index in [2.05, 4.69) is 11.4 Å². The summed E-state index contributed by atoms with van der Waals surface area (Å²) in [6, 6.07) is 16.0. The molecule has 0 saturated carbocycles. The molecule has 0 fully saturated rings. The molecular formula is C18H24ClNO. The summed E-state index contributed by atoms with van der Waals surface area (Å²) in [5.41, 5.74) is 2.48. The number of methoxy groups -OCH3 is 1. The molecule has 0 saturated heterocycles. The molecule has 0 radical (unpaired) electrons. The van der Waals surface area contributed by atoms with Crippen molar-refractivity contribution in [2.75, 3.05) is 20.7 Å². The molecule has 21 heavy (non-hydrogen) atoms. The van der Waals surface area contributed by atoms with Crippen molar-refractivity contribution in [3.8, 4) is 5.75 Å². The standard InChI is InChI=1S/C10H14ClN.C8H10O/c1-12-8-4-6-9-5-2-3-7-10(9)11;1-7-4-3-5-8(6-7)9-2/h2-3,5,7,12H,4,6,8H2,1H3;3-6H,1-2H3. The van der Waals surface area contributed by atoms with E-state index in [1.807, 2.05) is 56.4 Å². The van der Waals surface area contributed by atoms with Gasteiger partial charge >= 0.3 is 0 Å². The summed E-state index contributed by atoms with van der Waals surface area (Å²) >= 11 is 5.98. The van der Waals surface area contributed by atoms with Crippen LogP contribution in [0, 0.1) is 6.92 Å². The molecule has 2 aromatic carbocycles. The first kappa shape index (κ1) is 17.5. The summed E-state index contributed by atoms with van der Waals surface area (Å²) in [6.07, 6.45) is 2.20. The van der Waals surface area contributed by atoms with E-state index < -0.39 is 0 Å². The molecule has 2 rings (SSSR count). The molecule has 0 amide bonds. The summed E-state index contributed by atoms with van der Waals surface area (Å²) < 4.78 is 5.00. The van der Waals surface area contributed by atoms with Crippen molar-refractivity contribution in [1.29, 1.82) is 0 Å². The van der Waals surface area contributed by atoms with Gasteiger partial charge in [0.1, 0.15) is 5.75 Å². The van der Waals surface area contributed by atoms with Gasteiger partial charge in [0.15, 0.2) is 0 Å².